The molecular weight excluding hydrogens is 504 g/mol. The highest BCUT2D eigenvalue weighted by Gasteiger charge is 2.35. The van der Waals surface area contributed by atoms with E-state index in [0.717, 1.165) is 44.3 Å². The molecule has 3 N–H and O–H groups in total. The van der Waals surface area contributed by atoms with Crippen LogP contribution in [0.25, 0.3) is 32.1 Å². The zero-order chi connectivity index (χ0) is 24.7. The van der Waals surface area contributed by atoms with Gasteiger partial charge in [-0.1, -0.05) is 17.7 Å². The van der Waals surface area contributed by atoms with Crippen LogP contribution in [0, 0.1) is 11.6 Å². The summed E-state index contributed by atoms with van der Waals surface area (Å²) in [6.07, 6.45) is 4.18. The molecule has 2 aromatic heterocycles. The molecule has 4 heterocycles. The van der Waals surface area contributed by atoms with Crippen molar-refractivity contribution in [1.29, 1.82) is 0 Å². The van der Waals surface area contributed by atoms with E-state index in [9.17, 15) is 4.39 Å². The molecule has 0 amide bonds. The summed E-state index contributed by atoms with van der Waals surface area (Å²) in [5.74, 6) is -0.0599. The summed E-state index contributed by atoms with van der Waals surface area (Å²) >= 11 is 8.02. The number of methoxy groups -OCH3 is 1. The van der Waals surface area contributed by atoms with Crippen molar-refractivity contribution in [1.82, 2.24) is 15.3 Å². The lowest BCUT2D eigenvalue weighted by Gasteiger charge is -2.34. The highest BCUT2D eigenvalue weighted by Crippen LogP contribution is 2.53. The fraction of sp³-hybridized carbons (Fsp3) is 0.385. The second-order valence-corrected chi connectivity index (χ2v) is 11.4. The number of piperazine rings is 1. The molecular formula is C26H24ClF2N5OS. The Kier molecular flexibility index (Phi) is 5.07. The molecule has 186 valence electrons. The summed E-state index contributed by atoms with van der Waals surface area (Å²) in [5.41, 5.74) is 8.08. The van der Waals surface area contributed by atoms with Gasteiger partial charge in [0.1, 0.15) is 17.2 Å². The average Bonchev–Trinajstić information content (AvgIpc) is 3.56. The van der Waals surface area contributed by atoms with Crippen molar-refractivity contribution in [2.45, 2.75) is 43.7 Å². The molecule has 1 aliphatic carbocycles. The molecule has 2 bridgehead atoms. The van der Waals surface area contributed by atoms with E-state index in [1.807, 2.05) is 0 Å². The van der Waals surface area contributed by atoms with Crippen molar-refractivity contribution in [3.05, 3.63) is 40.4 Å². The number of hydrogen-bond donors (Lipinski definition) is 2. The summed E-state index contributed by atoms with van der Waals surface area (Å²) in [7, 11) is 1.47. The van der Waals surface area contributed by atoms with E-state index >= 15 is 4.39 Å². The molecule has 1 saturated carbocycles. The number of halogens is 3. The zero-order valence-corrected chi connectivity index (χ0v) is 21.1. The van der Waals surface area contributed by atoms with E-state index < -0.39 is 5.82 Å². The largest absolute Gasteiger partial charge is 0.467 e. The third-order valence-corrected chi connectivity index (χ3v) is 8.99. The van der Waals surface area contributed by atoms with Crippen molar-refractivity contribution >= 4 is 54.7 Å². The highest BCUT2D eigenvalue weighted by molar-refractivity contribution is 7.23. The first-order valence-corrected chi connectivity index (χ1v) is 13.4. The van der Waals surface area contributed by atoms with Gasteiger partial charge in [0.25, 0.3) is 0 Å². The number of rotatable bonds is 4. The Labute approximate surface area is 215 Å². The van der Waals surface area contributed by atoms with Crippen LogP contribution in [-0.2, 0) is 0 Å². The van der Waals surface area contributed by atoms with Crippen molar-refractivity contribution in [2.24, 2.45) is 0 Å². The number of nitrogens with zero attached hydrogens (tertiary/aromatic N) is 3. The molecule has 2 atom stereocenters. The molecule has 3 aliphatic rings. The van der Waals surface area contributed by atoms with Crippen LogP contribution in [0.2, 0.25) is 5.02 Å². The van der Waals surface area contributed by atoms with Gasteiger partial charge in [0, 0.05) is 41.5 Å². The first kappa shape index (κ1) is 22.4. The van der Waals surface area contributed by atoms with Crippen molar-refractivity contribution in [3.63, 3.8) is 0 Å². The summed E-state index contributed by atoms with van der Waals surface area (Å²) in [4.78, 5) is 11.2. The molecule has 2 saturated heterocycles. The lowest BCUT2D eigenvalue weighted by Crippen LogP contribution is -2.51. The lowest BCUT2D eigenvalue weighted by atomic mass is 9.95. The Balaban J connectivity index is 1.47. The molecule has 0 spiro atoms. The standard InChI is InChI=1S/C26H24ClF2N5OS/c1-35-26-32-22-15(25(33-26)34-9-12-4-5-13(10-34)31-12)8-16(27)19(21(22)29)14-6-7-17(28)23-20(14)18(11-2-3-11)24(30)36-23/h6-8,11-13,31H,2-5,9-10,30H2,1H3. The molecule has 2 unspecified atom stereocenters. The van der Waals surface area contributed by atoms with Crippen molar-refractivity contribution < 1.29 is 13.5 Å². The van der Waals surface area contributed by atoms with Crippen molar-refractivity contribution in [3.8, 4) is 17.1 Å². The Bertz CT molecular complexity index is 1540. The number of ether oxygens (including phenoxy) is 1. The number of nitrogen functional groups attached to an aromatic ring is 1. The van der Waals surface area contributed by atoms with E-state index in [0.29, 0.717) is 43.9 Å². The number of nitrogens with two attached hydrogens (primary N) is 1. The summed E-state index contributed by atoms with van der Waals surface area (Å²) in [5, 5.41) is 5.60. The SMILES string of the molecule is COc1nc(N2CC3CCC(C2)N3)c2cc(Cl)c(-c3ccc(F)c4sc(N)c(C5CC5)c34)c(F)c2n1. The van der Waals surface area contributed by atoms with Crippen LogP contribution in [-0.4, -0.2) is 42.3 Å². The monoisotopic (exact) mass is 527 g/mol. The predicted molar refractivity (Wildman–Crippen MR) is 140 cm³/mol. The number of aromatic nitrogens is 2. The third kappa shape index (κ3) is 3.36. The van der Waals surface area contributed by atoms with E-state index in [-0.39, 0.29) is 33.8 Å². The minimum Gasteiger partial charge on any atom is -0.467 e. The third-order valence-electron chi connectivity index (χ3n) is 7.65. The fourth-order valence-corrected chi connectivity index (χ4v) is 7.29. The summed E-state index contributed by atoms with van der Waals surface area (Å²) < 4.78 is 37.1. The second kappa shape index (κ2) is 8.13. The number of anilines is 2. The first-order chi connectivity index (χ1) is 17.4. The van der Waals surface area contributed by atoms with Crippen LogP contribution < -0.4 is 20.7 Å². The van der Waals surface area contributed by atoms with Crippen molar-refractivity contribution in [2.75, 3.05) is 30.8 Å². The molecule has 3 fully saturated rings. The van der Waals surface area contributed by atoms with E-state index in [2.05, 4.69) is 20.2 Å². The lowest BCUT2D eigenvalue weighted by molar-refractivity contribution is 0.380. The van der Waals surface area contributed by atoms with Crippen LogP contribution in [0.1, 0.15) is 37.2 Å². The van der Waals surface area contributed by atoms with Crippen LogP contribution in [0.15, 0.2) is 18.2 Å². The quantitative estimate of drug-likeness (QED) is 0.346. The maximum absolute atomic E-state index is 16.4. The van der Waals surface area contributed by atoms with Gasteiger partial charge in [-0.3, -0.25) is 0 Å². The maximum Gasteiger partial charge on any atom is 0.318 e. The van der Waals surface area contributed by atoms with Gasteiger partial charge in [0.2, 0.25) is 0 Å². The number of nitrogens with one attached hydrogen (secondary N) is 1. The molecule has 2 aliphatic heterocycles. The van der Waals surface area contributed by atoms with Crippen LogP contribution >= 0.6 is 22.9 Å². The molecule has 0 radical (unpaired) electrons. The summed E-state index contributed by atoms with van der Waals surface area (Å²) in [6, 6.07) is 5.52. The van der Waals surface area contributed by atoms with Gasteiger partial charge in [-0.2, -0.15) is 9.97 Å². The number of thiophene rings is 1. The van der Waals surface area contributed by atoms with E-state index in [4.69, 9.17) is 22.1 Å². The van der Waals surface area contributed by atoms with Crippen LogP contribution in [0.5, 0.6) is 6.01 Å². The Morgan fingerprint density at radius 3 is 2.58 bits per heavy atom. The predicted octanol–water partition coefficient (Wildman–Crippen LogP) is 5.85. The fourth-order valence-electron chi connectivity index (χ4n) is 5.91. The minimum absolute atomic E-state index is 0.0956. The van der Waals surface area contributed by atoms with Crippen LogP contribution in [0.3, 0.4) is 0 Å². The molecule has 2 aromatic carbocycles. The van der Waals surface area contributed by atoms with Gasteiger partial charge in [0.05, 0.1) is 21.8 Å². The van der Waals surface area contributed by atoms with Gasteiger partial charge in [-0.15, -0.1) is 11.3 Å². The number of fused-ring (bicyclic) bond motifs is 4. The Morgan fingerprint density at radius 2 is 1.89 bits per heavy atom. The van der Waals surface area contributed by atoms with E-state index in [1.165, 1.54) is 24.5 Å². The van der Waals surface area contributed by atoms with Gasteiger partial charge in [0.15, 0.2) is 5.82 Å². The number of benzene rings is 2. The molecule has 10 heteroatoms. The zero-order valence-electron chi connectivity index (χ0n) is 19.6. The first-order valence-electron chi connectivity index (χ1n) is 12.2. The average molecular weight is 528 g/mol. The minimum atomic E-state index is -0.572. The van der Waals surface area contributed by atoms with Gasteiger partial charge in [-0.05, 0) is 54.9 Å². The maximum atomic E-state index is 16.4. The topological polar surface area (TPSA) is 76.3 Å². The Morgan fingerprint density at radius 1 is 1.14 bits per heavy atom. The van der Waals surface area contributed by atoms with Crippen LogP contribution in [0.4, 0.5) is 19.6 Å². The normalized spacial score (nSPS) is 21.6. The number of hydrogen-bond acceptors (Lipinski definition) is 7. The smallest absolute Gasteiger partial charge is 0.318 e. The highest BCUT2D eigenvalue weighted by atomic mass is 35.5. The Hall–Kier alpha value is -2.75. The molecule has 7 rings (SSSR count). The molecule has 4 aromatic rings. The molecule has 6 nitrogen and oxygen atoms in total. The van der Waals surface area contributed by atoms with Gasteiger partial charge < -0.3 is 20.7 Å². The summed E-state index contributed by atoms with van der Waals surface area (Å²) in [6.45, 7) is 1.54. The van der Waals surface area contributed by atoms with Gasteiger partial charge >= 0.3 is 6.01 Å². The second-order valence-electron chi connectivity index (χ2n) is 9.97. The molecule has 36 heavy (non-hydrogen) atoms. The van der Waals surface area contributed by atoms with E-state index in [1.54, 1.807) is 12.1 Å². The van der Waals surface area contributed by atoms with Gasteiger partial charge in [-0.25, -0.2) is 8.78 Å².